The third kappa shape index (κ3) is 7.33. The van der Waals surface area contributed by atoms with Gasteiger partial charge in [-0.25, -0.2) is 0 Å². The summed E-state index contributed by atoms with van der Waals surface area (Å²) in [5.41, 5.74) is 0. The maximum atomic E-state index is 15.5. The fourth-order valence-electron chi connectivity index (χ4n) is 4.77. The SMILES string of the molecule is CC1(CCC#N)OC(C2CCCOC(CCC#N)O2)CCC2(CCCO[C@@](F)(CCC#N)O2)O1. The van der Waals surface area contributed by atoms with Crippen LogP contribution in [-0.4, -0.2) is 49.3 Å². The lowest BCUT2D eigenvalue weighted by molar-refractivity contribution is -0.432. The van der Waals surface area contributed by atoms with Crippen LogP contribution in [0.5, 0.6) is 0 Å². The van der Waals surface area contributed by atoms with Crippen LogP contribution in [0.2, 0.25) is 0 Å². The summed E-state index contributed by atoms with van der Waals surface area (Å²) in [6.45, 7) is 2.43. The zero-order valence-corrected chi connectivity index (χ0v) is 19.8. The molecule has 0 aromatic heterocycles. The van der Waals surface area contributed by atoms with Crippen molar-refractivity contribution in [2.24, 2.45) is 0 Å². The Labute approximate surface area is 200 Å². The summed E-state index contributed by atoms with van der Waals surface area (Å²) in [5, 5.41) is 27.1. The molecular formula is C24H34FN3O6. The predicted octanol–water partition coefficient (Wildman–Crippen LogP) is 4.48. The van der Waals surface area contributed by atoms with Crippen molar-refractivity contribution in [3.63, 3.8) is 0 Å². The summed E-state index contributed by atoms with van der Waals surface area (Å²) in [6.07, 6.45) is 2.98. The first-order valence-corrected chi connectivity index (χ1v) is 12.1. The molecule has 6 atom stereocenters. The zero-order valence-electron chi connectivity index (χ0n) is 19.8. The van der Waals surface area contributed by atoms with Crippen LogP contribution in [0.25, 0.3) is 0 Å². The molecule has 34 heavy (non-hydrogen) atoms. The van der Waals surface area contributed by atoms with Gasteiger partial charge in [0, 0.05) is 58.0 Å². The van der Waals surface area contributed by atoms with Gasteiger partial charge in [0.2, 0.25) is 0 Å². The molecule has 0 aliphatic carbocycles. The van der Waals surface area contributed by atoms with Gasteiger partial charge in [-0.2, -0.15) is 20.2 Å². The van der Waals surface area contributed by atoms with Gasteiger partial charge < -0.3 is 23.7 Å². The van der Waals surface area contributed by atoms with Crippen molar-refractivity contribution >= 4 is 0 Å². The Hall–Kier alpha value is -1.84. The molecule has 188 valence electrons. The largest absolute Gasteiger partial charge is 0.353 e. The third-order valence-corrected chi connectivity index (χ3v) is 6.37. The summed E-state index contributed by atoms with van der Waals surface area (Å²) in [4.78, 5) is 0. The number of ether oxygens (including phenoxy) is 6. The van der Waals surface area contributed by atoms with Crippen LogP contribution in [0.3, 0.4) is 0 Å². The smallest absolute Gasteiger partial charge is 0.323 e. The first-order chi connectivity index (χ1) is 16.3. The molecule has 0 saturated carbocycles. The van der Waals surface area contributed by atoms with Crippen molar-refractivity contribution in [1.29, 1.82) is 15.8 Å². The molecule has 0 aromatic rings. The van der Waals surface area contributed by atoms with E-state index >= 15 is 4.39 Å². The molecule has 3 heterocycles. The Morgan fingerprint density at radius 1 is 0.882 bits per heavy atom. The first-order valence-electron chi connectivity index (χ1n) is 12.1. The van der Waals surface area contributed by atoms with E-state index in [-0.39, 0.29) is 38.4 Å². The normalized spacial score (nSPS) is 39.1. The lowest BCUT2D eigenvalue weighted by atomic mass is 9.98. The standard InChI is InChI=1S/C24H34FN3O6/c1-22(10-4-15-27)32-20(19-7-3-17-29-21(31-19)8-2-14-26)9-13-23(33-22)11-6-18-30-24(25,34-23)12-5-16-28/h19-21H,2-13,17-18H2,1H3/t19?,20?,21?,22?,23?,24-/m0/s1. The second-order valence-corrected chi connectivity index (χ2v) is 9.19. The predicted molar refractivity (Wildman–Crippen MR) is 115 cm³/mol. The van der Waals surface area contributed by atoms with E-state index in [9.17, 15) is 5.26 Å². The van der Waals surface area contributed by atoms with E-state index in [1.165, 1.54) is 0 Å². The zero-order chi connectivity index (χ0) is 24.5. The summed E-state index contributed by atoms with van der Waals surface area (Å²) < 4.78 is 51.6. The van der Waals surface area contributed by atoms with Crippen molar-refractivity contribution in [3.05, 3.63) is 0 Å². The molecule has 3 fully saturated rings. The van der Waals surface area contributed by atoms with Crippen LogP contribution in [0, 0.1) is 34.0 Å². The summed E-state index contributed by atoms with van der Waals surface area (Å²) in [5.74, 6) is -2.53. The highest BCUT2D eigenvalue weighted by atomic mass is 19.2. The Kier molecular flexibility index (Phi) is 9.62. The van der Waals surface area contributed by atoms with Crippen LogP contribution < -0.4 is 0 Å². The molecule has 3 aliphatic heterocycles. The van der Waals surface area contributed by atoms with E-state index in [0.29, 0.717) is 51.6 Å². The van der Waals surface area contributed by atoms with Crippen LogP contribution in [-0.2, 0) is 28.4 Å². The molecule has 5 unspecified atom stereocenters. The highest BCUT2D eigenvalue weighted by molar-refractivity contribution is 4.89. The minimum Gasteiger partial charge on any atom is -0.353 e. The highest BCUT2D eigenvalue weighted by Crippen LogP contribution is 2.45. The van der Waals surface area contributed by atoms with Crippen molar-refractivity contribution in [2.45, 2.75) is 120 Å². The van der Waals surface area contributed by atoms with Gasteiger partial charge in [-0.05, 0) is 32.6 Å². The quantitative estimate of drug-likeness (QED) is 0.519. The van der Waals surface area contributed by atoms with Gasteiger partial charge in [0.15, 0.2) is 17.9 Å². The first kappa shape index (κ1) is 26.8. The molecule has 3 saturated heterocycles. The highest BCUT2D eigenvalue weighted by Gasteiger charge is 2.52. The maximum Gasteiger partial charge on any atom is 0.323 e. The average molecular weight is 480 g/mol. The number of halogens is 1. The molecule has 3 rings (SSSR count). The van der Waals surface area contributed by atoms with Crippen molar-refractivity contribution in [1.82, 2.24) is 0 Å². The Bertz CT molecular complexity index is 797. The van der Waals surface area contributed by atoms with Crippen molar-refractivity contribution < 1.29 is 32.8 Å². The lowest BCUT2D eigenvalue weighted by Gasteiger charge is -2.41. The fraction of sp³-hybridized carbons (Fsp3) is 0.875. The lowest BCUT2D eigenvalue weighted by Crippen LogP contribution is -2.49. The Morgan fingerprint density at radius 3 is 2.41 bits per heavy atom. The number of hydrogen-bond acceptors (Lipinski definition) is 9. The van der Waals surface area contributed by atoms with Gasteiger partial charge in [-0.3, -0.25) is 4.74 Å². The van der Waals surface area contributed by atoms with E-state index < -0.39 is 30.0 Å². The number of nitrogens with zero attached hydrogens (tertiary/aromatic N) is 3. The summed E-state index contributed by atoms with van der Waals surface area (Å²) in [6, 6.07) is 3.74. The number of alkyl halides is 1. The molecule has 9 nitrogen and oxygen atoms in total. The third-order valence-electron chi connectivity index (χ3n) is 6.37. The van der Waals surface area contributed by atoms with E-state index in [1.807, 2.05) is 6.07 Å². The molecule has 0 aromatic carbocycles. The summed E-state index contributed by atoms with van der Waals surface area (Å²) in [7, 11) is 0. The second kappa shape index (κ2) is 12.2. The van der Waals surface area contributed by atoms with Gasteiger partial charge >= 0.3 is 6.04 Å². The maximum absolute atomic E-state index is 15.5. The van der Waals surface area contributed by atoms with Gasteiger partial charge in [0.1, 0.15) is 0 Å². The second-order valence-electron chi connectivity index (χ2n) is 9.19. The topological polar surface area (TPSA) is 127 Å². The Morgan fingerprint density at radius 2 is 1.65 bits per heavy atom. The van der Waals surface area contributed by atoms with Crippen LogP contribution >= 0.6 is 0 Å². The monoisotopic (exact) mass is 479 g/mol. The molecule has 1 spiro atoms. The minimum atomic E-state index is -2.43. The van der Waals surface area contributed by atoms with E-state index in [4.69, 9.17) is 38.9 Å². The molecule has 10 heteroatoms. The van der Waals surface area contributed by atoms with Gasteiger partial charge in [-0.1, -0.05) is 0 Å². The number of hydrogen-bond donors (Lipinski definition) is 0. The van der Waals surface area contributed by atoms with E-state index in [0.717, 1.165) is 6.42 Å². The number of rotatable bonds is 7. The van der Waals surface area contributed by atoms with Crippen LogP contribution in [0.4, 0.5) is 4.39 Å². The van der Waals surface area contributed by atoms with E-state index in [2.05, 4.69) is 12.1 Å². The van der Waals surface area contributed by atoms with Crippen LogP contribution in [0.15, 0.2) is 0 Å². The van der Waals surface area contributed by atoms with Crippen molar-refractivity contribution in [3.8, 4) is 18.2 Å². The minimum absolute atomic E-state index is 0.0581. The molecule has 0 bridgehead atoms. The molecule has 0 radical (unpaired) electrons. The number of nitriles is 3. The molecule has 3 aliphatic rings. The summed E-state index contributed by atoms with van der Waals surface area (Å²) >= 11 is 0. The van der Waals surface area contributed by atoms with Gasteiger partial charge in [0.25, 0.3) is 0 Å². The van der Waals surface area contributed by atoms with Gasteiger partial charge in [0.05, 0.1) is 37.0 Å². The average Bonchev–Trinajstić information content (AvgIpc) is 3.20. The fourth-order valence-corrected chi connectivity index (χ4v) is 4.77. The molecule has 0 N–H and O–H groups in total. The molecule has 0 amide bonds. The van der Waals surface area contributed by atoms with Gasteiger partial charge in [-0.15, -0.1) is 0 Å². The Balaban J connectivity index is 1.83. The van der Waals surface area contributed by atoms with E-state index in [1.54, 1.807) is 6.92 Å². The molecular weight excluding hydrogens is 445 g/mol. The van der Waals surface area contributed by atoms with Crippen molar-refractivity contribution in [2.75, 3.05) is 13.2 Å². The van der Waals surface area contributed by atoms with Crippen LogP contribution in [0.1, 0.15) is 84.0 Å².